The van der Waals surface area contributed by atoms with E-state index in [9.17, 15) is 13.2 Å². The Morgan fingerprint density at radius 1 is 0.955 bits per heavy atom. The Balaban J connectivity index is 1.26. The van der Waals surface area contributed by atoms with Gasteiger partial charge in [0.05, 0.1) is 10.6 Å². The third kappa shape index (κ3) is 8.62. The van der Waals surface area contributed by atoms with Crippen LogP contribution in [-0.4, -0.2) is 57.0 Å². The monoisotopic (exact) mass is 632 g/mol. The van der Waals surface area contributed by atoms with Crippen LogP contribution in [0.1, 0.15) is 63.0 Å². The number of sulfone groups is 1. The Morgan fingerprint density at radius 3 is 2.41 bits per heavy atom. The van der Waals surface area contributed by atoms with E-state index in [0.29, 0.717) is 22.9 Å². The minimum atomic E-state index is -3.52. The van der Waals surface area contributed by atoms with Crippen LogP contribution in [0.3, 0.4) is 0 Å². The molecule has 234 valence electrons. The number of nitrogens with zero attached hydrogens (tertiary/aromatic N) is 1. The van der Waals surface area contributed by atoms with Crippen LogP contribution in [0.4, 0.5) is 5.69 Å². The fraction of sp³-hybridized carbons (Fsp3) is 0.417. The Kier molecular flexibility index (Phi) is 11.4. The summed E-state index contributed by atoms with van der Waals surface area (Å²) in [4.78, 5) is 17.2. The van der Waals surface area contributed by atoms with Gasteiger partial charge in [0.15, 0.2) is 9.84 Å². The van der Waals surface area contributed by atoms with Gasteiger partial charge in [-0.1, -0.05) is 56.5 Å². The SMILES string of the molecule is CCCCCCSc1ccc(-c2ccc3c(c2)C=C(C(=O)Nc2ccc(CN(C)C4CCOCC4)cc2)CCS3(=O)=O)cc1. The van der Waals surface area contributed by atoms with Crippen LogP contribution in [0.2, 0.25) is 0 Å². The Morgan fingerprint density at radius 2 is 1.68 bits per heavy atom. The van der Waals surface area contributed by atoms with E-state index in [1.807, 2.05) is 48.2 Å². The molecular formula is C36H44N2O4S2. The number of ether oxygens (including phenoxy) is 1. The lowest BCUT2D eigenvalue weighted by molar-refractivity contribution is -0.112. The molecule has 2 aliphatic rings. The van der Waals surface area contributed by atoms with Crippen molar-refractivity contribution in [2.75, 3.05) is 37.1 Å². The molecule has 0 saturated carbocycles. The molecule has 1 fully saturated rings. The van der Waals surface area contributed by atoms with E-state index in [4.69, 9.17) is 4.74 Å². The second-order valence-electron chi connectivity index (χ2n) is 11.8. The average molecular weight is 633 g/mol. The summed E-state index contributed by atoms with van der Waals surface area (Å²) in [5, 5.41) is 2.99. The molecule has 3 aromatic carbocycles. The van der Waals surface area contributed by atoms with Gasteiger partial charge in [0.2, 0.25) is 0 Å². The van der Waals surface area contributed by atoms with Gasteiger partial charge < -0.3 is 10.1 Å². The van der Waals surface area contributed by atoms with E-state index in [0.717, 1.165) is 49.5 Å². The van der Waals surface area contributed by atoms with Crippen LogP contribution in [0.15, 0.2) is 82.1 Å². The molecule has 44 heavy (non-hydrogen) atoms. The molecule has 0 radical (unpaired) electrons. The maximum Gasteiger partial charge on any atom is 0.251 e. The molecule has 1 amide bonds. The lowest BCUT2D eigenvalue weighted by atomic mass is 10.0. The smallest absolute Gasteiger partial charge is 0.251 e. The molecule has 0 unspecified atom stereocenters. The molecule has 0 atom stereocenters. The van der Waals surface area contributed by atoms with E-state index in [1.54, 1.807) is 12.1 Å². The third-order valence-corrected chi connectivity index (χ3v) is 11.4. The number of amides is 1. The highest BCUT2D eigenvalue weighted by atomic mass is 32.2. The number of nitrogens with one attached hydrogen (secondary N) is 1. The van der Waals surface area contributed by atoms with Crippen LogP contribution >= 0.6 is 11.8 Å². The molecule has 3 aromatic rings. The minimum Gasteiger partial charge on any atom is -0.381 e. The zero-order chi connectivity index (χ0) is 30.9. The van der Waals surface area contributed by atoms with Crippen molar-refractivity contribution in [3.8, 4) is 11.1 Å². The quantitative estimate of drug-likeness (QED) is 0.162. The zero-order valence-electron chi connectivity index (χ0n) is 25.9. The first kappa shape index (κ1) is 32.5. The Bertz CT molecular complexity index is 1540. The van der Waals surface area contributed by atoms with Crippen LogP contribution in [0.5, 0.6) is 0 Å². The van der Waals surface area contributed by atoms with Gasteiger partial charge in [0.1, 0.15) is 0 Å². The molecule has 2 aliphatic heterocycles. The maximum atomic E-state index is 13.4. The predicted octanol–water partition coefficient (Wildman–Crippen LogP) is 7.84. The first-order valence-corrected chi connectivity index (χ1v) is 18.4. The van der Waals surface area contributed by atoms with E-state index in [-0.39, 0.29) is 23.0 Å². The van der Waals surface area contributed by atoms with E-state index < -0.39 is 9.84 Å². The standard InChI is InChI=1S/C36H44N2O4S2/c1-3-4-5-6-22-43-34-14-9-28(10-15-34)29-11-16-35-31(24-29)25-30(19-23-44(35,40)41)36(39)37-32-12-7-27(8-13-32)26-38(2)33-17-20-42-21-18-33/h7-16,24-25,33H,3-6,17-23,26H2,1-2H3,(H,37,39). The summed E-state index contributed by atoms with van der Waals surface area (Å²) in [5.41, 5.74) is 4.84. The number of benzene rings is 3. The maximum absolute atomic E-state index is 13.4. The van der Waals surface area contributed by atoms with Crippen molar-refractivity contribution >= 4 is 39.3 Å². The molecule has 1 saturated heterocycles. The van der Waals surface area contributed by atoms with E-state index in [1.165, 1.54) is 36.1 Å². The summed E-state index contributed by atoms with van der Waals surface area (Å²) in [7, 11) is -1.37. The third-order valence-electron chi connectivity index (χ3n) is 8.52. The summed E-state index contributed by atoms with van der Waals surface area (Å²) >= 11 is 1.87. The second kappa shape index (κ2) is 15.4. The number of carbonyl (C=O) groups excluding carboxylic acids is 1. The topological polar surface area (TPSA) is 75.7 Å². The van der Waals surface area contributed by atoms with Crippen molar-refractivity contribution in [3.63, 3.8) is 0 Å². The molecule has 5 rings (SSSR count). The van der Waals surface area contributed by atoms with Crippen molar-refractivity contribution in [2.45, 2.75) is 74.2 Å². The molecule has 1 N–H and O–H groups in total. The van der Waals surface area contributed by atoms with Crippen LogP contribution in [-0.2, 0) is 25.9 Å². The summed E-state index contributed by atoms with van der Waals surface area (Å²) in [6.45, 7) is 4.69. The first-order chi connectivity index (χ1) is 21.3. The normalized spacial score (nSPS) is 16.7. The summed E-state index contributed by atoms with van der Waals surface area (Å²) in [6, 6.07) is 22.3. The zero-order valence-corrected chi connectivity index (χ0v) is 27.5. The van der Waals surface area contributed by atoms with Crippen LogP contribution < -0.4 is 5.32 Å². The first-order valence-electron chi connectivity index (χ1n) is 15.8. The van der Waals surface area contributed by atoms with Crippen LogP contribution in [0.25, 0.3) is 17.2 Å². The average Bonchev–Trinajstić information content (AvgIpc) is 3.17. The van der Waals surface area contributed by atoms with Gasteiger partial charge in [-0.2, -0.15) is 0 Å². The highest BCUT2D eigenvalue weighted by molar-refractivity contribution is 7.99. The molecule has 2 heterocycles. The van der Waals surface area contributed by atoms with E-state index >= 15 is 0 Å². The van der Waals surface area contributed by atoms with Gasteiger partial charge in [-0.15, -0.1) is 11.8 Å². The fourth-order valence-electron chi connectivity index (χ4n) is 5.83. The van der Waals surface area contributed by atoms with Gasteiger partial charge in [-0.3, -0.25) is 9.69 Å². The van der Waals surface area contributed by atoms with Crippen molar-refractivity contribution in [2.24, 2.45) is 0 Å². The van der Waals surface area contributed by atoms with Crippen LogP contribution in [0, 0.1) is 0 Å². The van der Waals surface area contributed by atoms with E-state index in [2.05, 4.69) is 48.5 Å². The number of anilines is 1. The molecule has 0 bridgehead atoms. The van der Waals surface area contributed by atoms with Crippen molar-refractivity contribution in [3.05, 3.63) is 83.4 Å². The highest BCUT2D eigenvalue weighted by Gasteiger charge is 2.25. The number of fused-ring (bicyclic) bond motifs is 1. The molecule has 8 heteroatoms. The van der Waals surface area contributed by atoms with Gasteiger partial charge in [0, 0.05) is 42.0 Å². The van der Waals surface area contributed by atoms with Gasteiger partial charge >= 0.3 is 0 Å². The molecule has 0 spiro atoms. The summed E-state index contributed by atoms with van der Waals surface area (Å²) < 4.78 is 31.8. The lowest BCUT2D eigenvalue weighted by Gasteiger charge is -2.31. The second-order valence-corrected chi connectivity index (χ2v) is 15.1. The highest BCUT2D eigenvalue weighted by Crippen LogP contribution is 2.32. The molecule has 0 aromatic heterocycles. The summed E-state index contributed by atoms with van der Waals surface area (Å²) in [5.74, 6) is 0.746. The molecule has 6 nitrogen and oxygen atoms in total. The Hall–Kier alpha value is -2.91. The largest absolute Gasteiger partial charge is 0.381 e. The lowest BCUT2D eigenvalue weighted by Crippen LogP contribution is -2.36. The van der Waals surface area contributed by atoms with Gasteiger partial charge in [-0.05, 0) is 103 Å². The number of thioether (sulfide) groups is 1. The molecule has 0 aliphatic carbocycles. The number of hydrogen-bond donors (Lipinski definition) is 1. The predicted molar refractivity (Wildman–Crippen MR) is 182 cm³/mol. The van der Waals surface area contributed by atoms with Crippen molar-refractivity contribution in [1.82, 2.24) is 4.90 Å². The number of unbranched alkanes of at least 4 members (excludes halogenated alkanes) is 3. The fourth-order valence-corrected chi connectivity index (χ4v) is 8.20. The number of carbonyl (C=O) groups is 1. The Labute approximate surface area is 267 Å². The van der Waals surface area contributed by atoms with Crippen molar-refractivity contribution in [1.29, 1.82) is 0 Å². The minimum absolute atomic E-state index is 0.0970. The number of rotatable bonds is 12. The number of hydrogen-bond acceptors (Lipinski definition) is 6. The van der Waals surface area contributed by atoms with Crippen molar-refractivity contribution < 1.29 is 17.9 Å². The molecular weight excluding hydrogens is 589 g/mol. The van der Waals surface area contributed by atoms with Gasteiger partial charge in [-0.25, -0.2) is 8.42 Å². The summed E-state index contributed by atoms with van der Waals surface area (Å²) in [6.07, 6.45) is 9.03. The van der Waals surface area contributed by atoms with Gasteiger partial charge in [0.25, 0.3) is 5.91 Å².